The molecule has 1 aromatic heterocycles. The molecule has 0 atom stereocenters. The highest BCUT2D eigenvalue weighted by Gasteiger charge is 2.20. The maximum absolute atomic E-state index is 12.0. The van der Waals surface area contributed by atoms with E-state index < -0.39 is 0 Å². The summed E-state index contributed by atoms with van der Waals surface area (Å²) in [5.74, 6) is 2.09. The molecule has 2 aromatic carbocycles. The number of nitrogens with zero attached hydrogens (tertiary/aromatic N) is 3. The topological polar surface area (TPSA) is 110 Å². The van der Waals surface area contributed by atoms with Crippen LogP contribution in [0, 0.1) is 0 Å². The lowest BCUT2D eigenvalue weighted by atomic mass is 10.1. The van der Waals surface area contributed by atoms with Crippen LogP contribution in [-0.4, -0.2) is 56.4 Å². The van der Waals surface area contributed by atoms with E-state index in [9.17, 15) is 4.79 Å². The van der Waals surface area contributed by atoms with Gasteiger partial charge in [0.1, 0.15) is 16.5 Å². The third kappa shape index (κ3) is 5.50. The zero-order valence-corrected chi connectivity index (χ0v) is 21.5. The van der Waals surface area contributed by atoms with Crippen molar-refractivity contribution in [3.63, 3.8) is 0 Å². The second-order valence-electron chi connectivity index (χ2n) is 8.70. The molecule has 0 unspecified atom stereocenters. The van der Waals surface area contributed by atoms with Crippen LogP contribution in [0.25, 0.3) is 0 Å². The zero-order valence-electron chi connectivity index (χ0n) is 20.8. The first-order valence-corrected chi connectivity index (χ1v) is 12.5. The van der Waals surface area contributed by atoms with E-state index in [2.05, 4.69) is 30.8 Å². The van der Waals surface area contributed by atoms with E-state index in [0.29, 0.717) is 53.6 Å². The van der Waals surface area contributed by atoms with Gasteiger partial charge in [-0.3, -0.25) is 4.79 Å². The molecular formula is C26H29ClN6O4. The van der Waals surface area contributed by atoms with Crippen molar-refractivity contribution in [3.05, 3.63) is 47.1 Å². The van der Waals surface area contributed by atoms with Crippen molar-refractivity contribution >= 4 is 52.0 Å². The average molecular weight is 525 g/mol. The molecule has 2 aliphatic heterocycles. The minimum Gasteiger partial charge on any atom is -0.494 e. The molecule has 0 bridgehead atoms. The maximum Gasteiger partial charge on any atom is 0.229 e. The van der Waals surface area contributed by atoms with Crippen LogP contribution in [0.5, 0.6) is 11.5 Å². The van der Waals surface area contributed by atoms with Crippen LogP contribution < -0.4 is 30.3 Å². The van der Waals surface area contributed by atoms with E-state index in [-0.39, 0.29) is 5.91 Å². The number of carbonyl (C=O) groups excluding carboxylic acids is 1. The lowest BCUT2D eigenvalue weighted by Crippen LogP contribution is -2.36. The maximum atomic E-state index is 12.0. The second-order valence-corrected chi connectivity index (χ2v) is 9.11. The first kappa shape index (κ1) is 24.9. The molecule has 3 heterocycles. The predicted octanol–water partition coefficient (Wildman–Crippen LogP) is 4.75. The number of benzene rings is 2. The summed E-state index contributed by atoms with van der Waals surface area (Å²) in [6, 6.07) is 9.66. The highest BCUT2D eigenvalue weighted by molar-refractivity contribution is 6.33. The fraction of sp³-hybridized carbons (Fsp3) is 0.346. The van der Waals surface area contributed by atoms with Crippen molar-refractivity contribution in [2.45, 2.75) is 19.3 Å². The van der Waals surface area contributed by atoms with Gasteiger partial charge in [-0.05, 0) is 37.1 Å². The molecule has 0 aliphatic carbocycles. The molecule has 3 N–H and O–H groups in total. The number of ether oxygens (including phenoxy) is 3. The van der Waals surface area contributed by atoms with Crippen molar-refractivity contribution in [1.29, 1.82) is 0 Å². The van der Waals surface area contributed by atoms with Gasteiger partial charge in [0.25, 0.3) is 0 Å². The Bertz CT molecular complexity index is 1300. The van der Waals surface area contributed by atoms with Gasteiger partial charge in [-0.1, -0.05) is 11.6 Å². The number of carbonyl (C=O) groups is 1. The number of anilines is 6. The molecule has 10 nitrogen and oxygen atoms in total. The van der Waals surface area contributed by atoms with E-state index in [1.54, 1.807) is 14.2 Å². The minimum absolute atomic E-state index is 0.00617. The molecule has 2 aliphatic rings. The summed E-state index contributed by atoms with van der Waals surface area (Å²) < 4.78 is 16.8. The van der Waals surface area contributed by atoms with Crippen molar-refractivity contribution in [2.75, 3.05) is 61.4 Å². The van der Waals surface area contributed by atoms with E-state index >= 15 is 0 Å². The van der Waals surface area contributed by atoms with Crippen molar-refractivity contribution in [2.24, 2.45) is 0 Å². The normalized spacial score (nSPS) is 15.3. The van der Waals surface area contributed by atoms with Crippen molar-refractivity contribution < 1.29 is 19.0 Å². The van der Waals surface area contributed by atoms with Gasteiger partial charge in [0, 0.05) is 42.5 Å². The summed E-state index contributed by atoms with van der Waals surface area (Å²) in [6.07, 6.45) is 3.48. The first-order valence-electron chi connectivity index (χ1n) is 12.1. The summed E-state index contributed by atoms with van der Waals surface area (Å²) in [4.78, 5) is 23.2. The molecule has 1 fully saturated rings. The van der Waals surface area contributed by atoms with E-state index in [4.69, 9.17) is 25.8 Å². The number of amides is 1. The van der Waals surface area contributed by atoms with Gasteiger partial charge < -0.3 is 35.1 Å². The van der Waals surface area contributed by atoms with E-state index in [0.717, 1.165) is 48.6 Å². The number of nitrogens with one attached hydrogen (secondary N) is 3. The first-order chi connectivity index (χ1) is 18.1. The number of hydrogen-bond acceptors (Lipinski definition) is 9. The fourth-order valence-corrected chi connectivity index (χ4v) is 4.67. The lowest BCUT2D eigenvalue weighted by molar-refractivity contribution is -0.116. The number of morpholine rings is 1. The van der Waals surface area contributed by atoms with Crippen LogP contribution in [0.3, 0.4) is 0 Å². The largest absolute Gasteiger partial charge is 0.494 e. The molecule has 0 saturated carbocycles. The molecule has 5 rings (SSSR count). The Labute approximate surface area is 220 Å². The summed E-state index contributed by atoms with van der Waals surface area (Å²) in [7, 11) is 3.24. The van der Waals surface area contributed by atoms with Gasteiger partial charge in [0.15, 0.2) is 5.82 Å². The Balaban J connectivity index is 1.39. The standard InChI is InChI=1S/C26H29ClN6O4/c1-35-22-14-16(33-10-12-37-13-11-33)6-7-20(22)30-25-18(27)15-28-26(32-25)31-21-9-8-19-17(24(21)36-2)4-3-5-23(34)29-19/h6-9,14-15H,3-5,10-13H2,1-2H3,(H,29,34)(H2,28,30,31,32). The van der Waals surface area contributed by atoms with Gasteiger partial charge in [-0.25, -0.2) is 4.98 Å². The molecule has 1 saturated heterocycles. The zero-order chi connectivity index (χ0) is 25.8. The Morgan fingerprint density at radius 2 is 1.86 bits per heavy atom. The molecule has 0 spiro atoms. The number of methoxy groups -OCH3 is 2. The number of halogens is 1. The van der Waals surface area contributed by atoms with Crippen LogP contribution in [-0.2, 0) is 16.0 Å². The van der Waals surface area contributed by atoms with Crippen molar-refractivity contribution in [1.82, 2.24) is 9.97 Å². The smallest absolute Gasteiger partial charge is 0.229 e. The van der Waals surface area contributed by atoms with Crippen LogP contribution in [0.1, 0.15) is 18.4 Å². The highest BCUT2D eigenvalue weighted by Crippen LogP contribution is 2.39. The van der Waals surface area contributed by atoms with Crippen LogP contribution in [0.4, 0.5) is 34.5 Å². The predicted molar refractivity (Wildman–Crippen MR) is 144 cm³/mol. The quantitative estimate of drug-likeness (QED) is 0.403. The summed E-state index contributed by atoms with van der Waals surface area (Å²) >= 11 is 6.44. The molecule has 1 amide bonds. The molecule has 194 valence electrons. The second kappa shape index (κ2) is 11.1. The Morgan fingerprint density at radius 1 is 1.05 bits per heavy atom. The van der Waals surface area contributed by atoms with Gasteiger partial charge >= 0.3 is 0 Å². The van der Waals surface area contributed by atoms with E-state index in [1.165, 1.54) is 6.20 Å². The van der Waals surface area contributed by atoms with Crippen LogP contribution in [0.2, 0.25) is 5.02 Å². The third-order valence-electron chi connectivity index (χ3n) is 6.37. The number of rotatable bonds is 7. The molecule has 3 aromatic rings. The van der Waals surface area contributed by atoms with Gasteiger partial charge in [-0.2, -0.15) is 4.98 Å². The average Bonchev–Trinajstić information content (AvgIpc) is 3.11. The van der Waals surface area contributed by atoms with Crippen LogP contribution >= 0.6 is 11.6 Å². The fourth-order valence-electron chi connectivity index (χ4n) is 4.53. The molecule has 11 heteroatoms. The number of hydrogen-bond donors (Lipinski definition) is 3. The Kier molecular flexibility index (Phi) is 7.47. The van der Waals surface area contributed by atoms with E-state index in [1.807, 2.05) is 30.3 Å². The van der Waals surface area contributed by atoms with Gasteiger partial charge in [0.05, 0.1) is 45.0 Å². The van der Waals surface area contributed by atoms with Crippen LogP contribution in [0.15, 0.2) is 36.5 Å². The monoisotopic (exact) mass is 524 g/mol. The Hall–Kier alpha value is -3.76. The number of fused-ring (bicyclic) bond motifs is 1. The SMILES string of the molecule is COc1cc(N2CCOCC2)ccc1Nc1nc(Nc2ccc3c(c2OC)CCCC(=O)N3)ncc1Cl. The van der Waals surface area contributed by atoms with Crippen molar-refractivity contribution in [3.8, 4) is 11.5 Å². The Morgan fingerprint density at radius 3 is 2.65 bits per heavy atom. The molecule has 0 radical (unpaired) electrons. The number of aromatic nitrogens is 2. The minimum atomic E-state index is 0.00617. The highest BCUT2D eigenvalue weighted by atomic mass is 35.5. The molecule has 37 heavy (non-hydrogen) atoms. The summed E-state index contributed by atoms with van der Waals surface area (Å²) in [6.45, 7) is 3.08. The third-order valence-corrected chi connectivity index (χ3v) is 6.65. The van der Waals surface area contributed by atoms with Gasteiger partial charge in [0.2, 0.25) is 11.9 Å². The lowest BCUT2D eigenvalue weighted by Gasteiger charge is -2.29. The summed E-state index contributed by atoms with van der Waals surface area (Å²) in [5, 5.41) is 9.80. The summed E-state index contributed by atoms with van der Waals surface area (Å²) in [5.41, 5.74) is 4.18. The van der Waals surface area contributed by atoms with Gasteiger partial charge in [-0.15, -0.1) is 0 Å². The molecular weight excluding hydrogens is 496 g/mol.